The molecule has 1 unspecified atom stereocenters. The van der Waals surface area contributed by atoms with Gasteiger partial charge in [0.2, 0.25) is 0 Å². The number of rotatable bonds is 5. The van der Waals surface area contributed by atoms with Crippen molar-refractivity contribution in [3.8, 4) is 0 Å². The molecule has 0 aliphatic carbocycles. The van der Waals surface area contributed by atoms with Gasteiger partial charge in [-0.2, -0.15) is 0 Å². The molecule has 0 aromatic heterocycles. The standard InChI is InChI=1S/C12H27NPS2.Au/c1-9(2)14(10(3)4,11(5)6)16-12-13-7-8-15-12;/h9-13H,7-8H2,1-6H3;/q+1;. The number of thioether (sulfide) groups is 1. The summed E-state index contributed by atoms with van der Waals surface area (Å²) in [6.45, 7) is 14.8. The molecule has 1 aliphatic heterocycles. The van der Waals surface area contributed by atoms with Gasteiger partial charge in [-0.3, -0.25) is 5.32 Å². The van der Waals surface area contributed by atoms with E-state index in [1.807, 2.05) is 0 Å². The third kappa shape index (κ3) is 4.41. The molecule has 1 fully saturated rings. The van der Waals surface area contributed by atoms with Crippen LogP contribution in [0.3, 0.4) is 0 Å². The zero-order chi connectivity index (χ0) is 12.3. The van der Waals surface area contributed by atoms with Crippen LogP contribution in [0, 0.1) is 0 Å². The molecule has 0 bridgehead atoms. The van der Waals surface area contributed by atoms with Crippen molar-refractivity contribution in [1.29, 1.82) is 0 Å². The van der Waals surface area contributed by atoms with E-state index in [1.54, 1.807) is 0 Å². The van der Waals surface area contributed by atoms with Crippen molar-refractivity contribution in [3.63, 3.8) is 0 Å². The third-order valence-electron chi connectivity index (χ3n) is 3.38. The molecule has 1 saturated heterocycles. The predicted octanol–water partition coefficient (Wildman–Crippen LogP) is 4.49. The summed E-state index contributed by atoms with van der Waals surface area (Å²) < 4.78 is 0.653. The number of hydrogen-bond acceptors (Lipinski definition) is 3. The zero-order valence-electron chi connectivity index (χ0n) is 11.8. The van der Waals surface area contributed by atoms with E-state index >= 15 is 0 Å². The molecule has 0 amide bonds. The van der Waals surface area contributed by atoms with Crippen LogP contribution in [0.25, 0.3) is 0 Å². The Labute approximate surface area is 132 Å². The minimum atomic E-state index is -0.928. The van der Waals surface area contributed by atoms with Crippen molar-refractivity contribution < 1.29 is 22.4 Å². The van der Waals surface area contributed by atoms with Gasteiger partial charge in [0, 0.05) is 46.1 Å². The normalized spacial score (nSPS) is 21.4. The van der Waals surface area contributed by atoms with Gasteiger partial charge in [0.25, 0.3) is 0 Å². The quantitative estimate of drug-likeness (QED) is 0.463. The van der Waals surface area contributed by atoms with Gasteiger partial charge in [0.05, 0.1) is 23.4 Å². The fourth-order valence-corrected chi connectivity index (χ4v) is 14.1. The van der Waals surface area contributed by atoms with Crippen molar-refractivity contribution in [3.05, 3.63) is 0 Å². The predicted molar refractivity (Wildman–Crippen MR) is 84.2 cm³/mol. The molecule has 1 radical (unpaired) electrons. The van der Waals surface area contributed by atoms with Crippen LogP contribution >= 0.6 is 29.6 Å². The largest absolute Gasteiger partial charge is 0.293 e. The Bertz CT molecular complexity index is 197. The van der Waals surface area contributed by atoms with Crippen LogP contribution in [0.5, 0.6) is 0 Å². The first-order valence-corrected chi connectivity index (χ1v) is 10.9. The van der Waals surface area contributed by atoms with Crippen LogP contribution in [-0.4, -0.2) is 34.0 Å². The Morgan fingerprint density at radius 3 is 1.82 bits per heavy atom. The molecule has 1 nitrogen and oxygen atoms in total. The molecular weight excluding hydrogens is 450 g/mol. The fourth-order valence-electron chi connectivity index (χ4n) is 2.79. The van der Waals surface area contributed by atoms with Gasteiger partial charge in [0.1, 0.15) is 4.71 Å². The monoisotopic (exact) mass is 477 g/mol. The molecule has 0 saturated carbocycles. The second kappa shape index (κ2) is 8.19. The van der Waals surface area contributed by atoms with Crippen molar-refractivity contribution in [2.75, 3.05) is 12.3 Å². The van der Waals surface area contributed by atoms with Gasteiger partial charge >= 0.3 is 0 Å². The molecule has 17 heavy (non-hydrogen) atoms. The molecule has 1 aliphatic rings. The summed E-state index contributed by atoms with van der Waals surface area (Å²) in [5, 5.41) is 3.63. The number of nitrogens with one attached hydrogen (secondary N) is 1. The van der Waals surface area contributed by atoms with Crippen molar-refractivity contribution >= 4 is 29.6 Å². The molecule has 0 aromatic rings. The first-order valence-electron chi connectivity index (χ1n) is 6.32. The first-order chi connectivity index (χ1) is 7.41. The van der Waals surface area contributed by atoms with Crippen molar-refractivity contribution in [1.82, 2.24) is 5.32 Å². The Hall–Kier alpha value is 1.83. The summed E-state index contributed by atoms with van der Waals surface area (Å²) in [7, 11) is 0. The molecule has 1 atom stereocenters. The van der Waals surface area contributed by atoms with E-state index in [1.165, 1.54) is 12.3 Å². The zero-order valence-corrected chi connectivity index (χ0v) is 16.5. The van der Waals surface area contributed by atoms with Gasteiger partial charge in [0.15, 0.2) is 0 Å². The van der Waals surface area contributed by atoms with E-state index in [-0.39, 0.29) is 22.4 Å². The average Bonchev–Trinajstić information content (AvgIpc) is 2.64. The second-order valence-corrected chi connectivity index (χ2v) is 14.7. The summed E-state index contributed by atoms with van der Waals surface area (Å²) in [6, 6.07) is 0. The molecule has 0 spiro atoms. The van der Waals surface area contributed by atoms with Crippen LogP contribution in [0.4, 0.5) is 0 Å². The fraction of sp³-hybridized carbons (Fsp3) is 1.00. The Balaban J connectivity index is 0.00000256. The first kappa shape index (κ1) is 18.8. The van der Waals surface area contributed by atoms with Crippen molar-refractivity contribution in [2.24, 2.45) is 0 Å². The van der Waals surface area contributed by atoms with Crippen LogP contribution in [0.1, 0.15) is 41.5 Å². The maximum atomic E-state index is 3.63. The smallest absolute Gasteiger partial charge is 0.138 e. The van der Waals surface area contributed by atoms with E-state index in [2.05, 4.69) is 70.0 Å². The summed E-state index contributed by atoms with van der Waals surface area (Å²) >= 11 is 4.39. The molecule has 1 heterocycles. The van der Waals surface area contributed by atoms with Crippen LogP contribution < -0.4 is 5.32 Å². The van der Waals surface area contributed by atoms with E-state index < -0.39 is 6.46 Å². The summed E-state index contributed by atoms with van der Waals surface area (Å²) in [5.74, 6) is 1.28. The van der Waals surface area contributed by atoms with Gasteiger partial charge < -0.3 is 0 Å². The minimum absolute atomic E-state index is 0. The van der Waals surface area contributed by atoms with Crippen LogP contribution in [-0.2, 0) is 22.4 Å². The maximum Gasteiger partial charge on any atom is 0.138 e. The molecule has 107 valence electrons. The third-order valence-corrected chi connectivity index (χ3v) is 16.5. The molecule has 1 rings (SSSR count). The van der Waals surface area contributed by atoms with E-state index in [4.69, 9.17) is 0 Å². The Morgan fingerprint density at radius 2 is 1.53 bits per heavy atom. The van der Waals surface area contributed by atoms with E-state index in [9.17, 15) is 0 Å². The number of hydrogen-bond donors (Lipinski definition) is 1. The van der Waals surface area contributed by atoms with E-state index in [0.29, 0.717) is 4.71 Å². The van der Waals surface area contributed by atoms with E-state index in [0.717, 1.165) is 17.0 Å². The summed E-state index contributed by atoms with van der Waals surface area (Å²) in [6.07, 6.45) is 0. The van der Waals surface area contributed by atoms with Gasteiger partial charge in [-0.1, -0.05) is 0 Å². The van der Waals surface area contributed by atoms with Gasteiger partial charge in [-0.05, 0) is 41.5 Å². The molecule has 0 aromatic carbocycles. The Morgan fingerprint density at radius 1 is 1.06 bits per heavy atom. The average molecular weight is 477 g/mol. The Kier molecular flexibility index (Phi) is 9.07. The maximum absolute atomic E-state index is 3.63. The van der Waals surface area contributed by atoms with Gasteiger partial charge in [-0.25, -0.2) is 0 Å². The molecule has 5 heteroatoms. The SMILES string of the molecule is CC(C)[P+](SC1NCCS1)(C(C)C)C(C)C.[Au]. The minimum Gasteiger partial charge on any atom is -0.293 e. The van der Waals surface area contributed by atoms with Crippen molar-refractivity contribution in [2.45, 2.75) is 63.2 Å². The van der Waals surface area contributed by atoms with Crippen LogP contribution in [0.2, 0.25) is 0 Å². The molecule has 1 N–H and O–H groups in total. The van der Waals surface area contributed by atoms with Gasteiger partial charge in [-0.15, -0.1) is 11.8 Å². The summed E-state index contributed by atoms with van der Waals surface area (Å²) in [5.41, 5.74) is 2.50. The summed E-state index contributed by atoms with van der Waals surface area (Å²) in [4.78, 5) is 0. The van der Waals surface area contributed by atoms with Crippen LogP contribution in [0.15, 0.2) is 0 Å². The second-order valence-electron chi connectivity index (χ2n) is 5.31. The topological polar surface area (TPSA) is 12.0 Å². The molecular formula is C12H27AuNPS2+.